The van der Waals surface area contributed by atoms with Crippen molar-refractivity contribution in [1.29, 1.82) is 0 Å². The van der Waals surface area contributed by atoms with Gasteiger partial charge >= 0.3 is 0 Å². The van der Waals surface area contributed by atoms with Gasteiger partial charge in [0.2, 0.25) is 0 Å². The van der Waals surface area contributed by atoms with E-state index in [0.717, 1.165) is 5.69 Å². The summed E-state index contributed by atoms with van der Waals surface area (Å²) < 4.78 is 0. The Hall–Kier alpha value is -1.11. The topological polar surface area (TPSA) is 12.9 Å². The fourth-order valence-corrected chi connectivity index (χ4v) is 1.99. The number of aromatic nitrogens is 1. The quantitative estimate of drug-likeness (QED) is 0.577. The molecule has 1 aromatic rings. The lowest BCUT2D eigenvalue weighted by Crippen LogP contribution is -2.34. The molecule has 2 rings (SSSR count). The Kier molecular flexibility index (Phi) is 1.95. The van der Waals surface area contributed by atoms with Crippen molar-refractivity contribution >= 4 is 11.6 Å². The van der Waals surface area contributed by atoms with E-state index in [9.17, 15) is 0 Å². The number of nitrogens with zero attached hydrogens (tertiary/aromatic N) is 1. The van der Waals surface area contributed by atoms with E-state index in [1.54, 1.807) is 0 Å². The Balaban J connectivity index is 2.80. The average Bonchev–Trinajstić information content (AvgIpc) is 2.02. The monoisotopic (exact) mass is 173 g/mol. The van der Waals surface area contributed by atoms with Crippen LogP contribution in [0, 0.1) is 12.8 Å². The summed E-state index contributed by atoms with van der Waals surface area (Å²) in [7, 11) is 0. The molecule has 1 heteroatoms. The predicted octanol–water partition coefficient (Wildman–Crippen LogP) is 1.38. The molecule has 0 saturated heterocycles. The van der Waals surface area contributed by atoms with Crippen LogP contribution in [0.4, 0.5) is 0 Å². The highest BCUT2D eigenvalue weighted by molar-refractivity contribution is 5.49. The van der Waals surface area contributed by atoms with Gasteiger partial charge in [-0.25, -0.2) is 0 Å². The molecule has 1 aliphatic rings. The Bertz CT molecular complexity index is 443. The van der Waals surface area contributed by atoms with E-state index in [1.165, 1.54) is 22.6 Å². The lowest BCUT2D eigenvalue weighted by Gasteiger charge is -2.12. The van der Waals surface area contributed by atoms with Gasteiger partial charge in [0.1, 0.15) is 0 Å². The van der Waals surface area contributed by atoms with Gasteiger partial charge < -0.3 is 0 Å². The molecule has 1 aliphatic carbocycles. The van der Waals surface area contributed by atoms with E-state index < -0.39 is 0 Å². The summed E-state index contributed by atoms with van der Waals surface area (Å²) in [5.74, 6) is 0.641. The molecule has 0 spiro atoms. The Labute approximate surface area is 78.8 Å². The van der Waals surface area contributed by atoms with Crippen LogP contribution < -0.4 is 10.6 Å². The van der Waals surface area contributed by atoms with Gasteiger partial charge in [0.05, 0.1) is 5.35 Å². The van der Waals surface area contributed by atoms with Crippen LogP contribution in [-0.2, 0) is 0 Å². The number of pyridine rings is 1. The number of fused-ring (bicyclic) bond motifs is 1. The van der Waals surface area contributed by atoms with Crippen molar-refractivity contribution in [3.8, 4) is 0 Å². The van der Waals surface area contributed by atoms with Gasteiger partial charge in [-0.05, 0) is 37.5 Å². The highest BCUT2D eigenvalue weighted by Gasteiger charge is 2.06. The summed E-state index contributed by atoms with van der Waals surface area (Å²) in [5.41, 5.74) is 2.58. The second-order valence-corrected chi connectivity index (χ2v) is 4.01. The Morgan fingerprint density at radius 1 is 1.31 bits per heavy atom. The van der Waals surface area contributed by atoms with E-state index >= 15 is 0 Å². The van der Waals surface area contributed by atoms with E-state index in [2.05, 4.69) is 37.0 Å². The van der Waals surface area contributed by atoms with Crippen LogP contribution in [0.5, 0.6) is 0 Å². The van der Waals surface area contributed by atoms with Crippen LogP contribution in [-0.4, -0.2) is 4.98 Å². The molecule has 0 bridgehead atoms. The first-order valence-corrected chi connectivity index (χ1v) is 4.82. The molecule has 0 aromatic carbocycles. The molecular formula is C12H15N. The maximum absolute atomic E-state index is 4.54. The molecule has 0 radical (unpaired) electrons. The molecule has 0 N–H and O–H groups in total. The normalized spacial score (nSPS) is 20.8. The molecule has 1 heterocycles. The second-order valence-electron chi connectivity index (χ2n) is 4.01. The lowest BCUT2D eigenvalue weighted by molar-refractivity contribution is 0.774. The highest BCUT2D eigenvalue weighted by Crippen LogP contribution is 2.13. The summed E-state index contributed by atoms with van der Waals surface area (Å²) in [6.07, 6.45) is 3.45. The molecule has 1 atom stereocenters. The molecular weight excluding hydrogens is 158 g/mol. The summed E-state index contributed by atoms with van der Waals surface area (Å²) >= 11 is 0. The van der Waals surface area contributed by atoms with Crippen LogP contribution in [0.25, 0.3) is 11.6 Å². The van der Waals surface area contributed by atoms with Crippen molar-refractivity contribution < 1.29 is 0 Å². The first-order chi connectivity index (χ1) is 6.16. The molecule has 0 amide bonds. The molecule has 1 aromatic heterocycles. The molecule has 0 fully saturated rings. The van der Waals surface area contributed by atoms with Crippen LogP contribution in [0.15, 0.2) is 12.1 Å². The molecule has 0 saturated carbocycles. The standard InChI is InChI=1S/C12H15N/c1-8-6-9(2)11-5-4-10(3)13-12(11)7-8/h4-5,7-8H,6H2,1-3H3. The largest absolute Gasteiger partial charge is 0.253 e. The average molecular weight is 173 g/mol. The molecule has 1 unspecified atom stereocenters. The third-order valence-electron chi connectivity index (χ3n) is 2.59. The second kappa shape index (κ2) is 2.99. The van der Waals surface area contributed by atoms with Gasteiger partial charge in [-0.3, -0.25) is 4.98 Å². The fourth-order valence-electron chi connectivity index (χ4n) is 1.99. The Morgan fingerprint density at radius 2 is 2.08 bits per heavy atom. The van der Waals surface area contributed by atoms with Gasteiger partial charge in [-0.15, -0.1) is 0 Å². The number of hydrogen-bond donors (Lipinski definition) is 0. The van der Waals surface area contributed by atoms with Crippen LogP contribution >= 0.6 is 0 Å². The van der Waals surface area contributed by atoms with Crippen molar-refractivity contribution in [2.75, 3.05) is 0 Å². The molecule has 0 aliphatic heterocycles. The first-order valence-electron chi connectivity index (χ1n) is 4.82. The SMILES string of the molecule is CC1=c2ccc(C)nc2=CC(C)C1. The van der Waals surface area contributed by atoms with Crippen LogP contribution in [0.1, 0.15) is 26.0 Å². The van der Waals surface area contributed by atoms with Crippen molar-refractivity contribution in [3.63, 3.8) is 0 Å². The maximum atomic E-state index is 4.54. The zero-order valence-electron chi connectivity index (χ0n) is 8.46. The Morgan fingerprint density at radius 3 is 2.85 bits per heavy atom. The number of aryl methyl sites for hydroxylation is 1. The smallest absolute Gasteiger partial charge is 0.0667 e. The van der Waals surface area contributed by atoms with Gasteiger partial charge in [0, 0.05) is 5.69 Å². The van der Waals surface area contributed by atoms with Gasteiger partial charge in [0.15, 0.2) is 0 Å². The van der Waals surface area contributed by atoms with Crippen LogP contribution in [0.3, 0.4) is 0 Å². The van der Waals surface area contributed by atoms with Crippen molar-refractivity contribution in [3.05, 3.63) is 28.4 Å². The minimum atomic E-state index is 0.641. The zero-order chi connectivity index (χ0) is 9.42. The van der Waals surface area contributed by atoms with E-state index in [4.69, 9.17) is 0 Å². The van der Waals surface area contributed by atoms with Crippen molar-refractivity contribution in [1.82, 2.24) is 4.98 Å². The third kappa shape index (κ3) is 1.51. The van der Waals surface area contributed by atoms with Gasteiger partial charge in [0.25, 0.3) is 0 Å². The molecule has 1 nitrogen and oxygen atoms in total. The van der Waals surface area contributed by atoms with Crippen molar-refractivity contribution in [2.24, 2.45) is 5.92 Å². The fraction of sp³-hybridized carbons (Fsp3) is 0.417. The summed E-state index contributed by atoms with van der Waals surface area (Å²) in [5, 5.41) is 2.51. The molecule has 68 valence electrons. The van der Waals surface area contributed by atoms with Gasteiger partial charge in [-0.1, -0.05) is 24.6 Å². The highest BCUT2D eigenvalue weighted by atomic mass is 14.7. The minimum absolute atomic E-state index is 0.641. The number of rotatable bonds is 0. The maximum Gasteiger partial charge on any atom is 0.0667 e. The third-order valence-corrected chi connectivity index (χ3v) is 2.59. The van der Waals surface area contributed by atoms with Crippen LogP contribution in [0.2, 0.25) is 0 Å². The minimum Gasteiger partial charge on any atom is -0.253 e. The van der Waals surface area contributed by atoms with E-state index in [0.29, 0.717) is 5.92 Å². The summed E-state index contributed by atoms with van der Waals surface area (Å²) in [4.78, 5) is 4.54. The zero-order valence-corrected chi connectivity index (χ0v) is 8.46. The predicted molar refractivity (Wildman–Crippen MR) is 55.6 cm³/mol. The first kappa shape index (κ1) is 8.49. The van der Waals surface area contributed by atoms with Gasteiger partial charge in [-0.2, -0.15) is 0 Å². The van der Waals surface area contributed by atoms with E-state index in [1.807, 2.05) is 6.92 Å². The van der Waals surface area contributed by atoms with Crippen molar-refractivity contribution in [2.45, 2.75) is 27.2 Å². The summed E-state index contributed by atoms with van der Waals surface area (Å²) in [6.45, 7) is 6.50. The number of hydrogen-bond acceptors (Lipinski definition) is 1. The summed E-state index contributed by atoms with van der Waals surface area (Å²) in [6, 6.07) is 4.28. The lowest BCUT2D eigenvalue weighted by atomic mass is 9.95. The van der Waals surface area contributed by atoms with E-state index in [-0.39, 0.29) is 0 Å². The molecule has 13 heavy (non-hydrogen) atoms.